The quantitative estimate of drug-likeness (QED) is 0.296. The van der Waals surface area contributed by atoms with E-state index in [0.29, 0.717) is 6.61 Å². The van der Waals surface area contributed by atoms with Crippen LogP contribution in [0.4, 0.5) is 0 Å². The molecule has 30 heavy (non-hydrogen) atoms. The molecule has 1 aliphatic rings. The van der Waals surface area contributed by atoms with E-state index in [9.17, 15) is 0 Å². The van der Waals surface area contributed by atoms with Crippen molar-refractivity contribution in [2.45, 2.75) is 6.61 Å². The van der Waals surface area contributed by atoms with Crippen LogP contribution in [0.2, 0.25) is 0 Å². The molecule has 0 saturated heterocycles. The van der Waals surface area contributed by atoms with Gasteiger partial charge in [-0.25, -0.2) is 4.98 Å². The number of hydrogen-bond donors (Lipinski definition) is 0. The minimum Gasteiger partial charge on any atom is -0.483 e. The van der Waals surface area contributed by atoms with Crippen molar-refractivity contribution >= 4 is 42.5 Å². The zero-order chi connectivity index (χ0) is 19.7. The lowest BCUT2D eigenvalue weighted by atomic mass is 9.99. The lowest BCUT2D eigenvalue weighted by molar-refractivity contribution is 0.280. The van der Waals surface area contributed by atoms with Crippen LogP contribution in [0.1, 0.15) is 5.82 Å². The number of benzene rings is 4. The third-order valence-electron chi connectivity index (χ3n) is 5.90. The summed E-state index contributed by atoms with van der Waals surface area (Å²) in [7, 11) is 0. The van der Waals surface area contributed by atoms with E-state index in [-0.39, 0.29) is 0 Å². The summed E-state index contributed by atoms with van der Waals surface area (Å²) in [5.41, 5.74) is 5.65. The van der Waals surface area contributed by atoms with Gasteiger partial charge >= 0.3 is 0 Å². The van der Waals surface area contributed by atoms with Crippen LogP contribution in [-0.2, 0) is 6.61 Å². The molecule has 6 aromatic rings. The summed E-state index contributed by atoms with van der Waals surface area (Å²) in [5, 5.41) is 2.65. The Hall–Kier alpha value is -3.63. The average Bonchev–Trinajstić information content (AvgIpc) is 3.37. The molecular weight excluding hydrogens is 388 g/mol. The van der Waals surface area contributed by atoms with Gasteiger partial charge in [-0.3, -0.25) is 4.57 Å². The van der Waals surface area contributed by atoms with Gasteiger partial charge < -0.3 is 4.74 Å². The number of fused-ring (bicyclic) bond motifs is 8. The number of nitrogens with zero attached hydrogens (tertiary/aromatic N) is 2. The molecule has 2 aromatic heterocycles. The van der Waals surface area contributed by atoms with Crippen LogP contribution in [0.15, 0.2) is 84.9 Å². The Labute approximate surface area is 176 Å². The Balaban J connectivity index is 1.53. The Morgan fingerprint density at radius 2 is 1.70 bits per heavy atom. The first-order valence-corrected chi connectivity index (χ1v) is 10.8. The monoisotopic (exact) mass is 404 g/mol. The molecule has 0 fully saturated rings. The molecule has 3 heterocycles. The average molecular weight is 404 g/mol. The minimum absolute atomic E-state index is 0.492. The van der Waals surface area contributed by atoms with Crippen molar-refractivity contribution in [3.8, 4) is 22.6 Å². The van der Waals surface area contributed by atoms with E-state index in [0.717, 1.165) is 28.3 Å². The van der Waals surface area contributed by atoms with Crippen LogP contribution < -0.4 is 4.74 Å². The van der Waals surface area contributed by atoms with Gasteiger partial charge in [0.1, 0.15) is 12.4 Å². The standard InChI is InChI=1S/C26H16N2OS/c1-4-10-23-18(6-1)26-17(7-5-11-24(26)30-23)16-12-13-19-21(14-16)28-20-8-2-3-9-22(20)29-15-25(28)27-19/h1-14H,15H2. The van der Waals surface area contributed by atoms with Crippen molar-refractivity contribution < 1.29 is 4.74 Å². The van der Waals surface area contributed by atoms with Gasteiger partial charge in [0.2, 0.25) is 0 Å². The second kappa shape index (κ2) is 5.94. The van der Waals surface area contributed by atoms with Crippen molar-refractivity contribution in [2.24, 2.45) is 0 Å². The highest BCUT2D eigenvalue weighted by Crippen LogP contribution is 2.41. The van der Waals surface area contributed by atoms with Crippen molar-refractivity contribution in [1.29, 1.82) is 0 Å². The number of thiophene rings is 1. The molecule has 0 amide bonds. The predicted molar refractivity (Wildman–Crippen MR) is 124 cm³/mol. The third kappa shape index (κ3) is 2.17. The number of para-hydroxylation sites is 2. The molecule has 142 valence electrons. The Morgan fingerprint density at radius 3 is 2.70 bits per heavy atom. The molecular formula is C26H16N2OS. The Bertz CT molecular complexity index is 1610. The van der Waals surface area contributed by atoms with E-state index < -0.39 is 0 Å². The number of imidazole rings is 1. The molecule has 0 atom stereocenters. The Morgan fingerprint density at radius 1 is 0.833 bits per heavy atom. The fraction of sp³-hybridized carbons (Fsp3) is 0.0385. The molecule has 4 aromatic carbocycles. The predicted octanol–water partition coefficient (Wildman–Crippen LogP) is 6.95. The van der Waals surface area contributed by atoms with E-state index in [1.165, 1.54) is 31.3 Å². The highest BCUT2D eigenvalue weighted by Gasteiger charge is 2.21. The summed E-state index contributed by atoms with van der Waals surface area (Å²) in [6.45, 7) is 0.492. The second-order valence-corrected chi connectivity index (χ2v) is 8.68. The molecule has 0 unspecified atom stereocenters. The third-order valence-corrected chi connectivity index (χ3v) is 7.04. The summed E-state index contributed by atoms with van der Waals surface area (Å²) in [5.74, 6) is 1.85. The summed E-state index contributed by atoms with van der Waals surface area (Å²) in [4.78, 5) is 4.83. The van der Waals surface area contributed by atoms with Gasteiger partial charge in [-0.15, -0.1) is 11.3 Å². The zero-order valence-corrected chi connectivity index (χ0v) is 16.8. The van der Waals surface area contributed by atoms with E-state index in [2.05, 4.69) is 71.3 Å². The van der Waals surface area contributed by atoms with Crippen LogP contribution in [0.25, 0.3) is 48.0 Å². The zero-order valence-electron chi connectivity index (χ0n) is 16.0. The molecule has 0 aliphatic carbocycles. The van der Waals surface area contributed by atoms with Crippen molar-refractivity contribution in [3.05, 3.63) is 90.8 Å². The number of ether oxygens (including phenoxy) is 1. The second-order valence-electron chi connectivity index (χ2n) is 7.60. The molecule has 3 nitrogen and oxygen atoms in total. The summed E-state index contributed by atoms with van der Waals surface area (Å²) >= 11 is 1.86. The fourth-order valence-electron chi connectivity index (χ4n) is 4.58. The molecule has 7 rings (SSSR count). The summed E-state index contributed by atoms with van der Waals surface area (Å²) in [6.07, 6.45) is 0. The number of hydrogen-bond acceptors (Lipinski definition) is 3. The van der Waals surface area contributed by atoms with Gasteiger partial charge in [0, 0.05) is 20.2 Å². The maximum absolute atomic E-state index is 5.91. The van der Waals surface area contributed by atoms with Crippen molar-refractivity contribution in [2.75, 3.05) is 0 Å². The van der Waals surface area contributed by atoms with Gasteiger partial charge in [0.15, 0.2) is 5.82 Å². The van der Waals surface area contributed by atoms with Crippen molar-refractivity contribution in [1.82, 2.24) is 9.55 Å². The van der Waals surface area contributed by atoms with Crippen LogP contribution in [0.5, 0.6) is 5.75 Å². The first-order chi connectivity index (χ1) is 14.9. The van der Waals surface area contributed by atoms with E-state index in [1.807, 2.05) is 29.5 Å². The van der Waals surface area contributed by atoms with Crippen molar-refractivity contribution in [3.63, 3.8) is 0 Å². The first-order valence-electron chi connectivity index (χ1n) is 10.0. The SMILES string of the molecule is c1ccc2c(c1)OCc1nc3ccc(-c4cccc5sc6ccccc6c45)cc3n1-2. The Kier molecular flexibility index (Phi) is 3.21. The van der Waals surface area contributed by atoms with E-state index >= 15 is 0 Å². The highest BCUT2D eigenvalue weighted by atomic mass is 32.1. The molecule has 0 bridgehead atoms. The molecule has 0 spiro atoms. The topological polar surface area (TPSA) is 27.1 Å². The van der Waals surface area contributed by atoms with Crippen LogP contribution in [-0.4, -0.2) is 9.55 Å². The minimum atomic E-state index is 0.492. The molecule has 4 heteroatoms. The lowest BCUT2D eigenvalue weighted by Crippen LogP contribution is -2.12. The largest absolute Gasteiger partial charge is 0.483 e. The molecule has 0 radical (unpaired) electrons. The lowest BCUT2D eigenvalue weighted by Gasteiger charge is -2.19. The van der Waals surface area contributed by atoms with Gasteiger partial charge in [0.25, 0.3) is 0 Å². The van der Waals surface area contributed by atoms with Crippen LogP contribution in [0.3, 0.4) is 0 Å². The normalized spacial score (nSPS) is 12.8. The van der Waals surface area contributed by atoms with E-state index in [1.54, 1.807) is 0 Å². The maximum Gasteiger partial charge on any atom is 0.152 e. The van der Waals surface area contributed by atoms with Gasteiger partial charge in [-0.2, -0.15) is 0 Å². The number of rotatable bonds is 1. The first kappa shape index (κ1) is 16.2. The summed E-state index contributed by atoms with van der Waals surface area (Å²) in [6, 6.07) is 30.0. The number of aromatic nitrogens is 2. The highest BCUT2D eigenvalue weighted by molar-refractivity contribution is 7.25. The molecule has 1 aliphatic heterocycles. The summed E-state index contributed by atoms with van der Waals surface area (Å²) < 4.78 is 10.8. The van der Waals surface area contributed by atoms with E-state index in [4.69, 9.17) is 9.72 Å². The smallest absolute Gasteiger partial charge is 0.152 e. The fourth-order valence-corrected chi connectivity index (χ4v) is 5.71. The van der Waals surface area contributed by atoms with Crippen LogP contribution >= 0.6 is 11.3 Å². The van der Waals surface area contributed by atoms with Gasteiger partial charge in [-0.1, -0.05) is 48.5 Å². The molecule has 0 N–H and O–H groups in total. The maximum atomic E-state index is 5.91. The molecule has 0 saturated carbocycles. The van der Waals surface area contributed by atoms with Crippen LogP contribution in [0, 0.1) is 0 Å². The van der Waals surface area contributed by atoms with Gasteiger partial charge in [-0.05, 0) is 47.5 Å². The van der Waals surface area contributed by atoms with Gasteiger partial charge in [0.05, 0.1) is 16.7 Å².